The molecule has 0 fully saturated rings. The number of aryl methyl sites for hydroxylation is 3. The van der Waals surface area contributed by atoms with Gasteiger partial charge in [-0.3, -0.25) is 14.3 Å². The number of anilines is 4. The predicted molar refractivity (Wildman–Crippen MR) is 137 cm³/mol. The van der Waals surface area contributed by atoms with Gasteiger partial charge >= 0.3 is 0 Å². The number of nitrogens with one attached hydrogen (secondary N) is 3. The molecule has 0 atom stereocenters. The number of methoxy groups -OCH3 is 1. The van der Waals surface area contributed by atoms with E-state index in [1.54, 1.807) is 31.0 Å². The third-order valence-electron chi connectivity index (χ3n) is 5.27. The zero-order valence-electron chi connectivity index (χ0n) is 20.8. The molecule has 11 heteroatoms. The molecule has 0 aliphatic heterocycles. The van der Waals surface area contributed by atoms with E-state index in [1.807, 2.05) is 51.2 Å². The lowest BCUT2D eigenvalue weighted by molar-refractivity contribution is 0.0365. The number of amides is 1. The minimum absolute atomic E-state index is 0.293. The molecule has 186 valence electrons. The quantitative estimate of drug-likeness (QED) is 0.299. The first-order valence-corrected chi connectivity index (χ1v) is 11.3. The number of rotatable bonds is 9. The van der Waals surface area contributed by atoms with Gasteiger partial charge in [0.2, 0.25) is 0 Å². The SMILES string of the molecule is CCONC(=O)c1cnc(Nc2cc(C)nc(C)n2)cc1Nc1ccc(-c2ccnn2C)cc1OC. The van der Waals surface area contributed by atoms with Crippen LogP contribution in [0.3, 0.4) is 0 Å². The average Bonchev–Trinajstić information content (AvgIpc) is 3.28. The zero-order chi connectivity index (χ0) is 25.7. The van der Waals surface area contributed by atoms with Crippen LogP contribution in [0, 0.1) is 13.8 Å². The second-order valence-electron chi connectivity index (χ2n) is 7.93. The molecule has 0 saturated heterocycles. The summed E-state index contributed by atoms with van der Waals surface area (Å²) in [5.74, 6) is 1.90. The predicted octanol–water partition coefficient (Wildman–Crippen LogP) is 4.07. The van der Waals surface area contributed by atoms with Crippen LogP contribution in [0.5, 0.6) is 5.75 Å². The molecular weight excluding hydrogens is 460 g/mol. The molecule has 4 rings (SSSR count). The fourth-order valence-corrected chi connectivity index (χ4v) is 3.67. The standard InChI is InChI=1S/C25H28N8O3/c1-6-36-32-25(34)18-14-26-23(31-24-11-15(2)28-16(3)29-24)13-20(18)30-19-8-7-17(12-22(19)35-5)21-9-10-27-33(21)4/h7-14H,6H2,1-5H3,(H,32,34)(H2,26,28,29,30,31). The van der Waals surface area contributed by atoms with Crippen LogP contribution in [0.1, 0.15) is 28.8 Å². The first-order valence-electron chi connectivity index (χ1n) is 11.3. The highest BCUT2D eigenvalue weighted by atomic mass is 16.6. The summed E-state index contributed by atoms with van der Waals surface area (Å²) in [5.41, 5.74) is 6.60. The summed E-state index contributed by atoms with van der Waals surface area (Å²) in [7, 11) is 3.47. The first kappa shape index (κ1) is 24.6. The summed E-state index contributed by atoms with van der Waals surface area (Å²) in [6, 6.07) is 11.2. The number of ether oxygens (including phenoxy) is 1. The Bertz CT molecular complexity index is 1370. The number of pyridine rings is 1. The van der Waals surface area contributed by atoms with E-state index in [9.17, 15) is 4.79 Å². The third kappa shape index (κ3) is 5.58. The van der Waals surface area contributed by atoms with Crippen LogP contribution in [0.2, 0.25) is 0 Å². The molecule has 0 spiro atoms. The van der Waals surface area contributed by atoms with Crippen molar-refractivity contribution >= 4 is 28.9 Å². The van der Waals surface area contributed by atoms with E-state index in [4.69, 9.17) is 9.57 Å². The van der Waals surface area contributed by atoms with Gasteiger partial charge < -0.3 is 15.4 Å². The van der Waals surface area contributed by atoms with Crippen LogP contribution < -0.4 is 20.9 Å². The van der Waals surface area contributed by atoms with E-state index in [0.29, 0.717) is 46.8 Å². The molecule has 1 amide bonds. The zero-order valence-corrected chi connectivity index (χ0v) is 20.8. The molecule has 3 aromatic heterocycles. The second kappa shape index (κ2) is 10.8. The van der Waals surface area contributed by atoms with Crippen LogP contribution in [0.15, 0.2) is 48.8 Å². The van der Waals surface area contributed by atoms with Crippen molar-refractivity contribution in [2.24, 2.45) is 7.05 Å². The second-order valence-corrected chi connectivity index (χ2v) is 7.93. The lowest BCUT2D eigenvalue weighted by Crippen LogP contribution is -2.24. The van der Waals surface area contributed by atoms with Gasteiger partial charge in [0.25, 0.3) is 5.91 Å². The van der Waals surface area contributed by atoms with E-state index < -0.39 is 5.91 Å². The largest absolute Gasteiger partial charge is 0.495 e. The Balaban J connectivity index is 1.70. The molecule has 0 unspecified atom stereocenters. The molecule has 3 N–H and O–H groups in total. The number of aromatic nitrogens is 5. The molecule has 0 saturated carbocycles. The molecule has 0 aliphatic carbocycles. The third-order valence-corrected chi connectivity index (χ3v) is 5.27. The molecule has 1 aromatic carbocycles. The van der Waals surface area contributed by atoms with E-state index in [0.717, 1.165) is 17.0 Å². The van der Waals surface area contributed by atoms with E-state index >= 15 is 0 Å². The average molecular weight is 489 g/mol. The van der Waals surface area contributed by atoms with Gasteiger partial charge in [0, 0.05) is 42.8 Å². The van der Waals surface area contributed by atoms with Crippen molar-refractivity contribution < 1.29 is 14.4 Å². The number of hydroxylamine groups is 1. The monoisotopic (exact) mass is 488 g/mol. The normalized spacial score (nSPS) is 10.7. The summed E-state index contributed by atoms with van der Waals surface area (Å²) in [4.78, 5) is 31.0. The minimum Gasteiger partial charge on any atom is -0.495 e. The van der Waals surface area contributed by atoms with Crippen LogP contribution in [-0.2, 0) is 11.9 Å². The molecule has 36 heavy (non-hydrogen) atoms. The Hall–Kier alpha value is -4.51. The molecule has 0 radical (unpaired) electrons. The highest BCUT2D eigenvalue weighted by molar-refractivity contribution is 6.00. The lowest BCUT2D eigenvalue weighted by atomic mass is 10.1. The maximum absolute atomic E-state index is 12.8. The van der Waals surface area contributed by atoms with Gasteiger partial charge in [-0.15, -0.1) is 0 Å². The number of nitrogens with zero attached hydrogens (tertiary/aromatic N) is 5. The first-order chi connectivity index (χ1) is 17.4. The van der Waals surface area contributed by atoms with Gasteiger partial charge in [-0.1, -0.05) is 6.07 Å². The van der Waals surface area contributed by atoms with Gasteiger partial charge in [0.1, 0.15) is 23.2 Å². The Morgan fingerprint density at radius 1 is 1.03 bits per heavy atom. The number of hydrogen-bond donors (Lipinski definition) is 3. The van der Waals surface area contributed by atoms with E-state index in [2.05, 4.69) is 36.2 Å². The van der Waals surface area contributed by atoms with Crippen LogP contribution in [-0.4, -0.2) is 44.4 Å². The topological polar surface area (TPSA) is 128 Å². The Morgan fingerprint density at radius 2 is 1.86 bits per heavy atom. The van der Waals surface area contributed by atoms with Crippen molar-refractivity contribution in [2.45, 2.75) is 20.8 Å². The number of carbonyl (C=O) groups is 1. The van der Waals surface area contributed by atoms with Crippen molar-refractivity contribution in [3.05, 3.63) is 65.9 Å². The maximum Gasteiger partial charge on any atom is 0.278 e. The van der Waals surface area contributed by atoms with E-state index in [-0.39, 0.29) is 0 Å². The highest BCUT2D eigenvalue weighted by Crippen LogP contribution is 2.34. The number of benzene rings is 1. The summed E-state index contributed by atoms with van der Waals surface area (Å²) < 4.78 is 7.44. The number of carbonyl (C=O) groups excluding carboxylic acids is 1. The van der Waals surface area contributed by atoms with Crippen molar-refractivity contribution in [1.82, 2.24) is 30.2 Å². The summed E-state index contributed by atoms with van der Waals surface area (Å²) in [5, 5.41) is 10.7. The lowest BCUT2D eigenvalue weighted by Gasteiger charge is -2.17. The minimum atomic E-state index is -0.433. The number of hydrogen-bond acceptors (Lipinski definition) is 9. The molecule has 0 aliphatic rings. The van der Waals surface area contributed by atoms with Gasteiger partial charge in [-0.05, 0) is 39.0 Å². The molecule has 0 bridgehead atoms. The molecule has 4 aromatic rings. The van der Waals surface area contributed by atoms with Gasteiger partial charge in [-0.2, -0.15) is 5.10 Å². The highest BCUT2D eigenvalue weighted by Gasteiger charge is 2.17. The van der Waals surface area contributed by atoms with Crippen molar-refractivity contribution in [3.8, 4) is 17.0 Å². The van der Waals surface area contributed by atoms with Gasteiger partial charge in [-0.25, -0.2) is 20.4 Å². The smallest absolute Gasteiger partial charge is 0.278 e. The van der Waals surface area contributed by atoms with Crippen LogP contribution in [0.25, 0.3) is 11.3 Å². The summed E-state index contributed by atoms with van der Waals surface area (Å²) in [6.07, 6.45) is 3.21. The fraction of sp³-hybridized carbons (Fsp3) is 0.240. The van der Waals surface area contributed by atoms with Crippen molar-refractivity contribution in [3.63, 3.8) is 0 Å². The fourth-order valence-electron chi connectivity index (χ4n) is 3.67. The summed E-state index contributed by atoms with van der Waals surface area (Å²) >= 11 is 0. The summed E-state index contributed by atoms with van der Waals surface area (Å²) in [6.45, 7) is 5.83. The maximum atomic E-state index is 12.8. The van der Waals surface area contributed by atoms with Gasteiger partial charge in [0.05, 0.1) is 36.3 Å². The van der Waals surface area contributed by atoms with Crippen molar-refractivity contribution in [1.29, 1.82) is 0 Å². The van der Waals surface area contributed by atoms with Crippen LogP contribution >= 0.6 is 0 Å². The van der Waals surface area contributed by atoms with Gasteiger partial charge in [0.15, 0.2) is 0 Å². The van der Waals surface area contributed by atoms with Crippen LogP contribution in [0.4, 0.5) is 23.0 Å². The molecule has 3 heterocycles. The Kier molecular flexibility index (Phi) is 7.40. The molecule has 11 nitrogen and oxygen atoms in total. The van der Waals surface area contributed by atoms with Crippen molar-refractivity contribution in [2.75, 3.05) is 24.4 Å². The van der Waals surface area contributed by atoms with E-state index in [1.165, 1.54) is 6.20 Å². The Labute approximate surface area is 208 Å². The Morgan fingerprint density at radius 3 is 2.56 bits per heavy atom. The molecular formula is C25H28N8O3.